The van der Waals surface area contributed by atoms with Crippen LogP contribution in [0.25, 0.3) is 22.6 Å². The molecule has 0 radical (unpaired) electrons. The summed E-state index contributed by atoms with van der Waals surface area (Å²) in [5.74, 6) is 1.91. The minimum atomic E-state index is 0.479. The number of benzene rings is 2. The lowest BCUT2D eigenvalue weighted by Crippen LogP contribution is -1.88. The topological polar surface area (TPSA) is 13.1 Å². The Morgan fingerprint density at radius 2 is 1.39 bits per heavy atom. The minimum absolute atomic E-state index is 0.479. The van der Waals surface area contributed by atoms with E-state index in [9.17, 15) is 0 Å². The molecular weight excluding hydrogens is 351 g/mol. The molecule has 2 aromatic carbocycles. The summed E-state index contributed by atoms with van der Waals surface area (Å²) >= 11 is 18.5. The Morgan fingerprint density at radius 1 is 0.826 bits per heavy atom. The van der Waals surface area contributed by atoms with Gasteiger partial charge in [-0.3, -0.25) is 0 Å². The van der Waals surface area contributed by atoms with Crippen LogP contribution in [0, 0.1) is 6.92 Å². The lowest BCUT2D eigenvalue weighted by Gasteiger charge is -2.01. The molecule has 23 heavy (non-hydrogen) atoms. The number of hydrogen-bond donors (Lipinski definition) is 0. The van der Waals surface area contributed by atoms with Gasteiger partial charge in [0.25, 0.3) is 0 Å². The fourth-order valence-corrected chi connectivity index (χ4v) is 3.13. The van der Waals surface area contributed by atoms with Crippen LogP contribution in [0.5, 0.6) is 0 Å². The van der Waals surface area contributed by atoms with Crippen LogP contribution in [0.3, 0.4) is 0 Å². The summed E-state index contributed by atoms with van der Waals surface area (Å²) < 4.78 is 6.12. The lowest BCUT2D eigenvalue weighted by molar-refractivity contribution is 0.594. The molecule has 1 nitrogen and oxygen atoms in total. The smallest absolute Gasteiger partial charge is 0.153 e. The van der Waals surface area contributed by atoms with E-state index in [1.807, 2.05) is 55.5 Å². The van der Waals surface area contributed by atoms with Gasteiger partial charge in [0.15, 0.2) is 5.76 Å². The van der Waals surface area contributed by atoms with Crippen LogP contribution in [-0.2, 0) is 6.42 Å². The average Bonchev–Trinajstić information content (AvgIpc) is 2.87. The molecule has 118 valence electrons. The van der Waals surface area contributed by atoms with Crippen molar-refractivity contribution >= 4 is 34.8 Å². The molecule has 0 amide bonds. The number of aryl methyl sites for hydroxylation is 1. The van der Waals surface area contributed by atoms with Gasteiger partial charge in [-0.15, -0.1) is 11.6 Å². The molecular formula is C19H15Cl3O. The van der Waals surface area contributed by atoms with E-state index in [1.54, 1.807) is 0 Å². The van der Waals surface area contributed by atoms with E-state index in [2.05, 4.69) is 0 Å². The third-order valence-corrected chi connectivity index (χ3v) is 4.55. The van der Waals surface area contributed by atoms with E-state index < -0.39 is 0 Å². The summed E-state index contributed by atoms with van der Waals surface area (Å²) in [6, 6.07) is 15.6. The highest BCUT2D eigenvalue weighted by Crippen LogP contribution is 2.41. The zero-order valence-corrected chi connectivity index (χ0v) is 14.8. The van der Waals surface area contributed by atoms with Gasteiger partial charge in [-0.2, -0.15) is 0 Å². The van der Waals surface area contributed by atoms with Crippen LogP contribution in [0.1, 0.15) is 11.1 Å². The van der Waals surface area contributed by atoms with E-state index in [-0.39, 0.29) is 0 Å². The monoisotopic (exact) mass is 364 g/mol. The van der Waals surface area contributed by atoms with E-state index >= 15 is 0 Å². The van der Waals surface area contributed by atoms with Crippen molar-refractivity contribution in [2.75, 3.05) is 5.88 Å². The number of furan rings is 1. The number of hydrogen-bond acceptors (Lipinski definition) is 1. The van der Waals surface area contributed by atoms with Gasteiger partial charge in [0, 0.05) is 27.6 Å². The van der Waals surface area contributed by atoms with Crippen LogP contribution >= 0.6 is 34.8 Å². The summed E-state index contributed by atoms with van der Waals surface area (Å²) in [6.45, 7) is 2.05. The standard InChI is InChI=1S/C19H15Cl3O/c1-12-2-4-14(5-3-12)19-17(22)16(10-11-20)18(23-19)13-6-8-15(21)9-7-13/h2-9H,10-11H2,1H3. The maximum atomic E-state index is 6.59. The van der Waals surface area contributed by atoms with Crippen LogP contribution in [0.15, 0.2) is 52.9 Å². The van der Waals surface area contributed by atoms with Crippen molar-refractivity contribution in [2.45, 2.75) is 13.3 Å². The molecule has 1 heterocycles. The molecule has 0 saturated heterocycles. The van der Waals surface area contributed by atoms with Gasteiger partial charge in [0.05, 0.1) is 5.02 Å². The first-order valence-corrected chi connectivity index (χ1v) is 8.59. The Balaban J connectivity index is 2.14. The Labute approximate surface area is 150 Å². The predicted octanol–water partition coefficient (Wildman–Crippen LogP) is 7.01. The number of halogens is 3. The Hall–Kier alpha value is -1.41. The average molecular weight is 366 g/mol. The van der Waals surface area contributed by atoms with Crippen molar-refractivity contribution in [1.82, 2.24) is 0 Å². The summed E-state index contributed by atoms with van der Waals surface area (Å²) in [7, 11) is 0. The molecule has 1 aromatic heterocycles. The highest BCUT2D eigenvalue weighted by atomic mass is 35.5. The molecule has 0 bridgehead atoms. The molecule has 0 saturated carbocycles. The van der Waals surface area contributed by atoms with Gasteiger partial charge >= 0.3 is 0 Å². The van der Waals surface area contributed by atoms with Gasteiger partial charge in [0.1, 0.15) is 5.76 Å². The first kappa shape index (κ1) is 16.4. The summed E-state index contributed by atoms with van der Waals surface area (Å²) in [6.07, 6.45) is 0.647. The second-order valence-corrected chi connectivity index (χ2v) is 6.56. The van der Waals surface area contributed by atoms with Gasteiger partial charge in [0.2, 0.25) is 0 Å². The normalized spacial score (nSPS) is 11.0. The van der Waals surface area contributed by atoms with Crippen molar-refractivity contribution < 1.29 is 4.42 Å². The molecule has 0 unspecified atom stereocenters. The van der Waals surface area contributed by atoms with Crippen molar-refractivity contribution in [2.24, 2.45) is 0 Å². The minimum Gasteiger partial charge on any atom is -0.454 e. The SMILES string of the molecule is Cc1ccc(-c2oc(-c3ccc(Cl)cc3)c(CCCl)c2Cl)cc1. The molecule has 0 aliphatic rings. The Kier molecular flexibility index (Phi) is 5.01. The van der Waals surface area contributed by atoms with Crippen LogP contribution in [-0.4, -0.2) is 5.88 Å². The molecule has 4 heteroatoms. The van der Waals surface area contributed by atoms with Crippen LogP contribution < -0.4 is 0 Å². The Morgan fingerprint density at radius 3 is 2.00 bits per heavy atom. The Bertz CT molecular complexity index is 802. The predicted molar refractivity (Wildman–Crippen MR) is 98.8 cm³/mol. The third kappa shape index (κ3) is 3.42. The molecule has 3 aromatic rings. The number of rotatable bonds is 4. The second-order valence-electron chi connectivity index (χ2n) is 5.36. The van der Waals surface area contributed by atoms with Crippen molar-refractivity contribution in [3.8, 4) is 22.6 Å². The maximum Gasteiger partial charge on any atom is 0.153 e. The zero-order chi connectivity index (χ0) is 16.4. The lowest BCUT2D eigenvalue weighted by atomic mass is 10.1. The fraction of sp³-hybridized carbons (Fsp3) is 0.158. The molecule has 3 rings (SSSR count). The second kappa shape index (κ2) is 7.00. The molecule has 0 aliphatic heterocycles. The fourth-order valence-electron chi connectivity index (χ4n) is 2.49. The van der Waals surface area contributed by atoms with Gasteiger partial charge in [-0.25, -0.2) is 0 Å². The van der Waals surface area contributed by atoms with Gasteiger partial charge < -0.3 is 4.42 Å². The highest BCUT2D eigenvalue weighted by molar-refractivity contribution is 6.34. The third-order valence-electron chi connectivity index (χ3n) is 3.71. The maximum absolute atomic E-state index is 6.59. The van der Waals surface area contributed by atoms with Crippen LogP contribution in [0.4, 0.5) is 0 Å². The highest BCUT2D eigenvalue weighted by Gasteiger charge is 2.20. The van der Waals surface area contributed by atoms with E-state index in [4.69, 9.17) is 39.2 Å². The van der Waals surface area contributed by atoms with E-state index in [1.165, 1.54) is 5.56 Å². The largest absolute Gasteiger partial charge is 0.454 e. The molecule has 0 atom stereocenters. The summed E-state index contributed by atoms with van der Waals surface area (Å²) in [4.78, 5) is 0. The first-order chi connectivity index (χ1) is 11.1. The quantitative estimate of drug-likeness (QED) is 0.453. The molecule has 0 N–H and O–H groups in total. The first-order valence-electron chi connectivity index (χ1n) is 7.30. The van der Waals surface area contributed by atoms with E-state index in [0.717, 1.165) is 22.5 Å². The van der Waals surface area contributed by atoms with Crippen molar-refractivity contribution in [3.05, 3.63) is 69.7 Å². The van der Waals surface area contributed by atoms with E-state index in [0.29, 0.717) is 28.1 Å². The van der Waals surface area contributed by atoms with Crippen LogP contribution in [0.2, 0.25) is 10.0 Å². The molecule has 0 aliphatic carbocycles. The molecule has 0 spiro atoms. The van der Waals surface area contributed by atoms with Crippen molar-refractivity contribution in [1.29, 1.82) is 0 Å². The molecule has 0 fully saturated rings. The van der Waals surface area contributed by atoms with Gasteiger partial charge in [-0.05, 0) is 37.6 Å². The van der Waals surface area contributed by atoms with Gasteiger partial charge in [-0.1, -0.05) is 53.0 Å². The van der Waals surface area contributed by atoms with Crippen molar-refractivity contribution in [3.63, 3.8) is 0 Å². The zero-order valence-electron chi connectivity index (χ0n) is 12.6. The number of alkyl halides is 1. The summed E-state index contributed by atoms with van der Waals surface area (Å²) in [5, 5.41) is 1.31. The summed E-state index contributed by atoms with van der Waals surface area (Å²) in [5.41, 5.74) is 4.02.